The Morgan fingerprint density at radius 1 is 1.12 bits per heavy atom. The normalized spacial score (nSPS) is 10.8. The van der Waals surface area contributed by atoms with Crippen LogP contribution in [0.2, 0.25) is 0 Å². The summed E-state index contributed by atoms with van der Waals surface area (Å²) in [6, 6.07) is 12.0. The molecule has 3 aromatic rings. The molecule has 0 bridgehead atoms. The number of hydrazone groups is 1. The fourth-order valence-electron chi connectivity index (χ4n) is 2.51. The zero-order valence-corrected chi connectivity index (χ0v) is 14.1. The molecule has 3 rings (SSSR count). The highest BCUT2D eigenvalue weighted by atomic mass is 16.5. The lowest BCUT2D eigenvalue weighted by Gasteiger charge is -2.09. The Hall–Kier alpha value is -3.68. The Morgan fingerprint density at radius 2 is 1.88 bits per heavy atom. The van der Waals surface area contributed by atoms with Crippen LogP contribution in [0.25, 0.3) is 10.8 Å². The van der Waals surface area contributed by atoms with Crippen LogP contribution in [0.5, 0.6) is 11.5 Å². The Labute approximate surface area is 148 Å². The van der Waals surface area contributed by atoms with Gasteiger partial charge in [0.2, 0.25) is 0 Å². The van der Waals surface area contributed by atoms with E-state index >= 15 is 0 Å². The molecular weight excluding hydrogens is 336 g/mol. The monoisotopic (exact) mass is 352 g/mol. The van der Waals surface area contributed by atoms with Crippen LogP contribution < -0.4 is 20.5 Å². The Kier molecular flexibility index (Phi) is 4.93. The number of fused-ring (bicyclic) bond motifs is 1. The van der Waals surface area contributed by atoms with Crippen molar-refractivity contribution in [2.75, 3.05) is 14.2 Å². The lowest BCUT2D eigenvalue weighted by Crippen LogP contribution is -2.22. The highest BCUT2D eigenvalue weighted by molar-refractivity contribution is 6.04. The molecule has 2 N–H and O–H groups in total. The van der Waals surface area contributed by atoms with E-state index in [0.29, 0.717) is 27.8 Å². The van der Waals surface area contributed by atoms with Gasteiger partial charge in [-0.05, 0) is 18.2 Å². The molecule has 8 nitrogen and oxygen atoms in total. The molecule has 0 atom stereocenters. The molecule has 0 fully saturated rings. The van der Waals surface area contributed by atoms with Crippen LogP contribution in [0.3, 0.4) is 0 Å². The van der Waals surface area contributed by atoms with Crippen molar-refractivity contribution in [3.8, 4) is 11.5 Å². The summed E-state index contributed by atoms with van der Waals surface area (Å²) in [6.07, 6.45) is 1.44. The second-order valence-electron chi connectivity index (χ2n) is 5.23. The van der Waals surface area contributed by atoms with Crippen molar-refractivity contribution in [3.05, 3.63) is 64.1 Å². The number of hydrogen-bond donors (Lipinski definition) is 2. The van der Waals surface area contributed by atoms with E-state index in [-0.39, 0.29) is 11.3 Å². The summed E-state index contributed by atoms with van der Waals surface area (Å²) in [5.74, 6) is 0.507. The summed E-state index contributed by atoms with van der Waals surface area (Å²) in [6.45, 7) is 0. The van der Waals surface area contributed by atoms with Crippen molar-refractivity contribution in [2.24, 2.45) is 5.10 Å². The van der Waals surface area contributed by atoms with Gasteiger partial charge in [-0.3, -0.25) is 9.59 Å². The molecule has 132 valence electrons. The van der Waals surface area contributed by atoms with E-state index in [2.05, 4.69) is 20.7 Å². The molecule has 2 aromatic carbocycles. The molecule has 1 heterocycles. The van der Waals surface area contributed by atoms with E-state index in [1.54, 1.807) is 42.5 Å². The highest BCUT2D eigenvalue weighted by Crippen LogP contribution is 2.29. The first-order valence-corrected chi connectivity index (χ1v) is 7.67. The minimum atomic E-state index is -0.546. The van der Waals surface area contributed by atoms with Gasteiger partial charge < -0.3 is 9.47 Å². The van der Waals surface area contributed by atoms with Gasteiger partial charge in [-0.25, -0.2) is 10.5 Å². The van der Waals surface area contributed by atoms with Crippen molar-refractivity contribution in [2.45, 2.75) is 0 Å². The third kappa shape index (κ3) is 3.25. The van der Waals surface area contributed by atoms with Crippen LogP contribution in [-0.4, -0.2) is 36.5 Å². The number of rotatable bonds is 5. The van der Waals surface area contributed by atoms with Gasteiger partial charge in [0.15, 0.2) is 17.2 Å². The summed E-state index contributed by atoms with van der Waals surface area (Å²) in [4.78, 5) is 24.2. The number of amides is 1. The summed E-state index contributed by atoms with van der Waals surface area (Å²) < 4.78 is 10.5. The topological polar surface area (TPSA) is 106 Å². The SMILES string of the molecule is COc1cccc(/C=N\NC(=O)c2n[nH]c(=O)c3ccccc23)c1OC. The number of aromatic nitrogens is 2. The second-order valence-corrected chi connectivity index (χ2v) is 5.23. The van der Waals surface area contributed by atoms with Gasteiger partial charge in [-0.1, -0.05) is 24.3 Å². The number of nitrogens with zero attached hydrogens (tertiary/aromatic N) is 2. The maximum Gasteiger partial charge on any atom is 0.292 e. The van der Waals surface area contributed by atoms with Crippen LogP contribution in [0, 0.1) is 0 Å². The number of H-pyrrole nitrogens is 1. The van der Waals surface area contributed by atoms with Crippen molar-refractivity contribution < 1.29 is 14.3 Å². The van der Waals surface area contributed by atoms with E-state index < -0.39 is 5.91 Å². The van der Waals surface area contributed by atoms with Crippen LogP contribution in [-0.2, 0) is 0 Å². The molecule has 0 radical (unpaired) electrons. The molecule has 0 unspecified atom stereocenters. The smallest absolute Gasteiger partial charge is 0.292 e. The van der Waals surface area contributed by atoms with Gasteiger partial charge in [0.1, 0.15) is 0 Å². The highest BCUT2D eigenvalue weighted by Gasteiger charge is 2.13. The van der Waals surface area contributed by atoms with E-state index in [9.17, 15) is 9.59 Å². The molecule has 0 aliphatic rings. The average molecular weight is 352 g/mol. The first-order valence-electron chi connectivity index (χ1n) is 7.67. The van der Waals surface area contributed by atoms with E-state index in [0.717, 1.165) is 0 Å². The first kappa shape index (κ1) is 17.2. The zero-order chi connectivity index (χ0) is 18.5. The number of hydrogen-bond acceptors (Lipinski definition) is 6. The number of methoxy groups -OCH3 is 2. The molecule has 0 spiro atoms. The third-order valence-electron chi connectivity index (χ3n) is 3.71. The molecule has 0 aliphatic carbocycles. The number of nitrogens with one attached hydrogen (secondary N) is 2. The van der Waals surface area contributed by atoms with E-state index in [1.807, 2.05) is 0 Å². The van der Waals surface area contributed by atoms with E-state index in [1.165, 1.54) is 20.4 Å². The average Bonchev–Trinajstić information content (AvgIpc) is 2.68. The second kappa shape index (κ2) is 7.47. The summed E-state index contributed by atoms with van der Waals surface area (Å²) in [7, 11) is 3.05. The molecule has 0 saturated heterocycles. The number of ether oxygens (including phenoxy) is 2. The van der Waals surface area contributed by atoms with Gasteiger partial charge in [0.25, 0.3) is 11.5 Å². The van der Waals surface area contributed by atoms with Gasteiger partial charge in [0, 0.05) is 10.9 Å². The van der Waals surface area contributed by atoms with Crippen molar-refractivity contribution in [1.82, 2.24) is 15.6 Å². The molecule has 1 amide bonds. The van der Waals surface area contributed by atoms with Crippen molar-refractivity contribution in [1.29, 1.82) is 0 Å². The maximum absolute atomic E-state index is 12.4. The number of benzene rings is 2. The summed E-state index contributed by atoms with van der Waals surface area (Å²) in [5.41, 5.74) is 2.75. The largest absolute Gasteiger partial charge is 0.493 e. The fourth-order valence-corrected chi connectivity index (χ4v) is 2.51. The Bertz CT molecular complexity index is 1040. The Balaban J connectivity index is 1.85. The minimum Gasteiger partial charge on any atom is -0.493 e. The molecule has 1 aromatic heterocycles. The molecule has 0 aliphatic heterocycles. The number of aromatic amines is 1. The van der Waals surface area contributed by atoms with Crippen LogP contribution in [0.1, 0.15) is 16.1 Å². The van der Waals surface area contributed by atoms with Crippen LogP contribution in [0.15, 0.2) is 52.4 Å². The van der Waals surface area contributed by atoms with E-state index in [4.69, 9.17) is 9.47 Å². The van der Waals surface area contributed by atoms with Gasteiger partial charge >= 0.3 is 0 Å². The number of carbonyl (C=O) groups excluding carboxylic acids is 1. The summed E-state index contributed by atoms with van der Waals surface area (Å²) in [5, 5.41) is 10.9. The standard InChI is InChI=1S/C18H16N4O4/c1-25-14-9-5-6-11(16(14)26-2)10-19-21-18(24)15-12-7-3-4-8-13(12)17(23)22-20-15/h3-10H,1-2H3,(H,21,24)(H,22,23)/b19-10-. The van der Waals surface area contributed by atoms with Crippen LogP contribution >= 0.6 is 0 Å². The van der Waals surface area contributed by atoms with Gasteiger partial charge in [-0.2, -0.15) is 10.2 Å². The Morgan fingerprint density at radius 3 is 2.62 bits per heavy atom. The third-order valence-corrected chi connectivity index (χ3v) is 3.71. The number of para-hydroxylation sites is 1. The quantitative estimate of drug-likeness (QED) is 0.537. The van der Waals surface area contributed by atoms with Gasteiger partial charge in [0.05, 0.1) is 25.8 Å². The lowest BCUT2D eigenvalue weighted by molar-refractivity contribution is 0.0951. The van der Waals surface area contributed by atoms with Crippen LogP contribution in [0.4, 0.5) is 0 Å². The van der Waals surface area contributed by atoms with Gasteiger partial charge in [-0.15, -0.1) is 0 Å². The maximum atomic E-state index is 12.4. The molecule has 8 heteroatoms. The molecule has 0 saturated carbocycles. The molecule has 26 heavy (non-hydrogen) atoms. The number of carbonyl (C=O) groups is 1. The predicted octanol–water partition coefficient (Wildman–Crippen LogP) is 1.70. The van der Waals surface area contributed by atoms with Crippen molar-refractivity contribution in [3.63, 3.8) is 0 Å². The van der Waals surface area contributed by atoms with Crippen molar-refractivity contribution >= 4 is 22.9 Å². The zero-order valence-electron chi connectivity index (χ0n) is 14.1. The minimum absolute atomic E-state index is 0.0787. The fraction of sp³-hybridized carbons (Fsp3) is 0.111. The summed E-state index contributed by atoms with van der Waals surface area (Å²) >= 11 is 0. The predicted molar refractivity (Wildman–Crippen MR) is 97.0 cm³/mol. The first-order chi connectivity index (χ1) is 12.7. The lowest BCUT2D eigenvalue weighted by atomic mass is 10.1. The molecular formula is C18H16N4O4.